The van der Waals surface area contributed by atoms with Crippen molar-refractivity contribution in [1.29, 1.82) is 0 Å². The smallest absolute Gasteiger partial charge is 0.306 e. The van der Waals surface area contributed by atoms with Crippen LogP contribution >= 0.6 is 0 Å². The van der Waals surface area contributed by atoms with Crippen molar-refractivity contribution in [2.45, 2.75) is 169 Å². The number of carbonyl (C=O) groups is 1. The van der Waals surface area contributed by atoms with Crippen LogP contribution in [0.5, 0.6) is 0 Å². The number of allylic oxidation sites excluding steroid dienone is 1. The maximum Gasteiger partial charge on any atom is 0.306 e. The van der Waals surface area contributed by atoms with Gasteiger partial charge in [0.1, 0.15) is 6.61 Å². The predicted octanol–water partition coefficient (Wildman–Crippen LogP) is 10.6. The van der Waals surface area contributed by atoms with Crippen LogP contribution in [0.1, 0.15) is 169 Å². The highest BCUT2D eigenvalue weighted by atomic mass is 16.5. The molecule has 37 heavy (non-hydrogen) atoms. The molecular formula is C34H66O3. The molecule has 0 amide bonds. The third-order valence-electron chi connectivity index (χ3n) is 7.86. The van der Waals surface area contributed by atoms with Crippen molar-refractivity contribution in [2.75, 3.05) is 13.2 Å². The fraction of sp³-hybridized carbons (Fsp3) is 0.912. The summed E-state index contributed by atoms with van der Waals surface area (Å²) in [6.07, 6.45) is 27.9. The maximum absolute atomic E-state index is 12.0. The Morgan fingerprint density at radius 2 is 1.08 bits per heavy atom. The second-order valence-electron chi connectivity index (χ2n) is 12.5. The minimum atomic E-state index is -0.0426. The molecule has 0 aromatic heterocycles. The molecule has 0 aromatic carbocycles. The zero-order chi connectivity index (χ0) is 27.6. The number of aliphatic hydroxyl groups is 1. The van der Waals surface area contributed by atoms with E-state index in [4.69, 9.17) is 9.84 Å². The van der Waals surface area contributed by atoms with E-state index in [9.17, 15) is 4.79 Å². The van der Waals surface area contributed by atoms with E-state index in [1.54, 1.807) is 0 Å². The second kappa shape index (κ2) is 26.8. The zero-order valence-corrected chi connectivity index (χ0v) is 25.8. The highest BCUT2D eigenvalue weighted by molar-refractivity contribution is 5.69. The number of unbranched alkanes of at least 4 members (excludes halogenated alkanes) is 10. The molecule has 0 aromatic rings. The van der Waals surface area contributed by atoms with E-state index < -0.39 is 0 Å². The Bertz CT molecular complexity index is 525. The van der Waals surface area contributed by atoms with Crippen LogP contribution in [0.25, 0.3) is 0 Å². The lowest BCUT2D eigenvalue weighted by molar-refractivity contribution is -0.142. The topological polar surface area (TPSA) is 46.5 Å². The van der Waals surface area contributed by atoms with Gasteiger partial charge in [0.15, 0.2) is 0 Å². The molecule has 3 nitrogen and oxygen atoms in total. The van der Waals surface area contributed by atoms with Crippen molar-refractivity contribution in [3.05, 3.63) is 11.6 Å². The Hall–Kier alpha value is -0.830. The molecule has 0 saturated heterocycles. The average Bonchev–Trinajstić information content (AvgIpc) is 2.84. The fourth-order valence-corrected chi connectivity index (χ4v) is 5.13. The monoisotopic (exact) mass is 523 g/mol. The van der Waals surface area contributed by atoms with Crippen LogP contribution in [0, 0.1) is 17.8 Å². The van der Waals surface area contributed by atoms with Gasteiger partial charge in [-0.25, -0.2) is 0 Å². The minimum Gasteiger partial charge on any atom is -0.461 e. The van der Waals surface area contributed by atoms with E-state index in [-0.39, 0.29) is 5.97 Å². The number of ether oxygens (including phenoxy) is 1. The van der Waals surface area contributed by atoms with Crippen LogP contribution < -0.4 is 0 Å². The van der Waals surface area contributed by atoms with Crippen LogP contribution in [0.4, 0.5) is 0 Å². The Kier molecular flexibility index (Phi) is 26.2. The highest BCUT2D eigenvalue weighted by Crippen LogP contribution is 2.22. The van der Waals surface area contributed by atoms with E-state index in [2.05, 4.69) is 40.7 Å². The SMILES string of the molecule is C/C(=C\COC(=O)CCCCCCCCCCCCCO)CCCC(C)CCCC(C)CCCC(C)C. The van der Waals surface area contributed by atoms with Gasteiger partial charge in [0.25, 0.3) is 0 Å². The van der Waals surface area contributed by atoms with Gasteiger partial charge in [0.2, 0.25) is 0 Å². The first-order valence-electron chi connectivity index (χ1n) is 16.3. The van der Waals surface area contributed by atoms with Gasteiger partial charge in [-0.15, -0.1) is 0 Å². The molecule has 2 unspecified atom stereocenters. The summed E-state index contributed by atoms with van der Waals surface area (Å²) < 4.78 is 5.43. The van der Waals surface area contributed by atoms with Crippen molar-refractivity contribution in [1.82, 2.24) is 0 Å². The largest absolute Gasteiger partial charge is 0.461 e. The number of esters is 1. The molecule has 0 spiro atoms. The average molecular weight is 523 g/mol. The van der Waals surface area contributed by atoms with E-state index >= 15 is 0 Å². The molecule has 0 heterocycles. The van der Waals surface area contributed by atoms with Crippen molar-refractivity contribution >= 4 is 5.97 Å². The molecule has 0 aliphatic rings. The van der Waals surface area contributed by atoms with Crippen molar-refractivity contribution < 1.29 is 14.6 Å². The van der Waals surface area contributed by atoms with E-state index in [0.717, 1.165) is 43.4 Å². The quantitative estimate of drug-likeness (QED) is 0.0663. The minimum absolute atomic E-state index is 0.0426. The summed E-state index contributed by atoms with van der Waals surface area (Å²) in [5, 5.41) is 8.78. The van der Waals surface area contributed by atoms with Crippen molar-refractivity contribution in [3.63, 3.8) is 0 Å². The molecule has 0 rings (SSSR count). The molecule has 2 atom stereocenters. The van der Waals surface area contributed by atoms with E-state index in [1.165, 1.54) is 108 Å². The second-order valence-corrected chi connectivity index (χ2v) is 12.5. The van der Waals surface area contributed by atoms with Gasteiger partial charge in [-0.3, -0.25) is 4.79 Å². The summed E-state index contributed by atoms with van der Waals surface area (Å²) in [6.45, 7) is 12.4. The molecule has 0 radical (unpaired) electrons. The number of hydrogen-bond donors (Lipinski definition) is 1. The van der Waals surface area contributed by atoms with Crippen molar-refractivity contribution in [2.24, 2.45) is 17.8 Å². The Morgan fingerprint density at radius 3 is 1.59 bits per heavy atom. The summed E-state index contributed by atoms with van der Waals surface area (Å²) in [4.78, 5) is 12.0. The van der Waals surface area contributed by atoms with E-state index in [0.29, 0.717) is 19.6 Å². The lowest BCUT2D eigenvalue weighted by Gasteiger charge is -2.15. The van der Waals surface area contributed by atoms with Gasteiger partial charge in [-0.05, 0) is 56.4 Å². The molecule has 1 N–H and O–H groups in total. The summed E-state index contributed by atoms with van der Waals surface area (Å²) >= 11 is 0. The summed E-state index contributed by atoms with van der Waals surface area (Å²) in [5.74, 6) is 2.50. The number of rotatable bonds is 27. The maximum atomic E-state index is 12.0. The van der Waals surface area contributed by atoms with Gasteiger partial charge < -0.3 is 9.84 Å². The third kappa shape index (κ3) is 28.0. The molecule has 0 aliphatic heterocycles. The zero-order valence-electron chi connectivity index (χ0n) is 25.8. The standard InChI is InChI=1S/C34H66O3/c1-30(2)20-17-21-31(3)22-18-23-32(4)24-19-25-33(5)27-29-37-34(36)26-15-13-11-9-7-6-8-10-12-14-16-28-35/h27,30-32,35H,6-26,28-29H2,1-5H3/b33-27+. The lowest BCUT2D eigenvalue weighted by Crippen LogP contribution is -2.04. The van der Waals surface area contributed by atoms with E-state index in [1.807, 2.05) is 0 Å². The normalized spacial score (nSPS) is 13.8. The Labute approximate surface area is 232 Å². The van der Waals surface area contributed by atoms with Crippen LogP contribution in [-0.4, -0.2) is 24.3 Å². The first kappa shape index (κ1) is 36.2. The molecule has 0 aliphatic carbocycles. The summed E-state index contributed by atoms with van der Waals surface area (Å²) in [6, 6.07) is 0. The van der Waals surface area contributed by atoms with Gasteiger partial charge >= 0.3 is 5.97 Å². The van der Waals surface area contributed by atoms with Crippen LogP contribution in [-0.2, 0) is 9.53 Å². The predicted molar refractivity (Wildman–Crippen MR) is 162 cm³/mol. The van der Waals surface area contributed by atoms with Crippen molar-refractivity contribution in [3.8, 4) is 0 Å². The number of hydrogen-bond acceptors (Lipinski definition) is 3. The summed E-state index contributed by atoms with van der Waals surface area (Å²) in [5.41, 5.74) is 1.35. The van der Waals surface area contributed by atoms with Crippen LogP contribution in [0.2, 0.25) is 0 Å². The fourth-order valence-electron chi connectivity index (χ4n) is 5.13. The first-order chi connectivity index (χ1) is 17.8. The molecule has 0 bridgehead atoms. The van der Waals surface area contributed by atoms with Gasteiger partial charge in [-0.1, -0.05) is 136 Å². The molecule has 220 valence electrons. The third-order valence-corrected chi connectivity index (χ3v) is 7.86. The van der Waals surface area contributed by atoms with Gasteiger partial charge in [0.05, 0.1) is 0 Å². The number of carbonyl (C=O) groups excluding carboxylic acids is 1. The first-order valence-corrected chi connectivity index (χ1v) is 16.3. The molecule has 0 saturated carbocycles. The molecule has 3 heteroatoms. The van der Waals surface area contributed by atoms with Crippen LogP contribution in [0.15, 0.2) is 11.6 Å². The summed E-state index contributed by atoms with van der Waals surface area (Å²) in [7, 11) is 0. The molecule has 0 fully saturated rings. The number of aliphatic hydroxyl groups excluding tert-OH is 1. The Balaban J connectivity index is 3.57. The van der Waals surface area contributed by atoms with Gasteiger partial charge in [0, 0.05) is 13.0 Å². The highest BCUT2D eigenvalue weighted by Gasteiger charge is 2.07. The molecular weight excluding hydrogens is 456 g/mol. The van der Waals surface area contributed by atoms with Gasteiger partial charge in [-0.2, -0.15) is 0 Å². The Morgan fingerprint density at radius 1 is 0.622 bits per heavy atom. The lowest BCUT2D eigenvalue weighted by atomic mass is 9.91. The van der Waals surface area contributed by atoms with Crippen LogP contribution in [0.3, 0.4) is 0 Å².